The second-order valence-corrected chi connectivity index (χ2v) is 4.84. The van der Waals surface area contributed by atoms with E-state index >= 15 is 0 Å². The summed E-state index contributed by atoms with van der Waals surface area (Å²) in [5, 5.41) is 9.15. The molecule has 0 fully saturated rings. The fourth-order valence-corrected chi connectivity index (χ4v) is 2.05. The number of hydrogen-bond acceptors (Lipinski definition) is 3. The minimum Gasteiger partial charge on any atom is -0.480 e. The molecule has 1 rings (SSSR count). The molecule has 0 aromatic heterocycles. The molecule has 96 valence electrons. The number of nitrogens with zero attached hydrogens (tertiary/aromatic N) is 1. The average Bonchev–Trinajstić information content (AvgIpc) is 2.65. The van der Waals surface area contributed by atoms with Crippen LogP contribution in [0, 0.1) is 5.92 Å². The molecule has 0 heterocycles. The summed E-state index contributed by atoms with van der Waals surface area (Å²) in [4.78, 5) is 24.8. The van der Waals surface area contributed by atoms with Crippen molar-refractivity contribution < 1.29 is 14.7 Å². The lowest BCUT2D eigenvalue weighted by molar-refractivity contribution is -0.157. The predicted octanol–water partition coefficient (Wildman–Crippen LogP) is 0.601. The molecule has 5 heteroatoms. The third kappa shape index (κ3) is 2.66. The number of carboxylic acid groups (broad SMARTS) is 1. The number of rotatable bonds is 4. The van der Waals surface area contributed by atoms with Crippen LogP contribution in [0.2, 0.25) is 0 Å². The first kappa shape index (κ1) is 13.7. The first-order valence-electron chi connectivity index (χ1n) is 5.79. The zero-order valence-electron chi connectivity index (χ0n) is 10.5. The summed E-state index contributed by atoms with van der Waals surface area (Å²) in [5.74, 6) is -1.45. The van der Waals surface area contributed by atoms with Crippen LogP contribution in [-0.4, -0.2) is 40.0 Å². The highest BCUT2D eigenvalue weighted by Gasteiger charge is 2.39. The Morgan fingerprint density at radius 2 is 2.06 bits per heavy atom. The minimum absolute atomic E-state index is 0.101. The fraction of sp³-hybridized carbons (Fsp3) is 0.667. The van der Waals surface area contributed by atoms with E-state index in [9.17, 15) is 9.59 Å². The van der Waals surface area contributed by atoms with E-state index in [4.69, 9.17) is 10.8 Å². The minimum atomic E-state index is -1.19. The number of likely N-dealkylation sites (N-methyl/N-ethyl adjacent to an activating group) is 1. The number of carboxylic acids is 1. The van der Waals surface area contributed by atoms with E-state index in [1.54, 1.807) is 19.1 Å². The molecule has 0 aliphatic heterocycles. The third-order valence-electron chi connectivity index (χ3n) is 3.21. The van der Waals surface area contributed by atoms with Crippen LogP contribution in [0.15, 0.2) is 12.2 Å². The molecule has 2 atom stereocenters. The van der Waals surface area contributed by atoms with Crippen molar-refractivity contribution in [1.29, 1.82) is 0 Å². The molecule has 0 radical (unpaired) electrons. The molecule has 0 saturated heterocycles. The largest absolute Gasteiger partial charge is 0.480 e. The van der Waals surface area contributed by atoms with E-state index in [0.717, 1.165) is 0 Å². The predicted molar refractivity (Wildman–Crippen MR) is 64.3 cm³/mol. The Bertz CT molecular complexity index is 350. The van der Waals surface area contributed by atoms with Gasteiger partial charge in [0.2, 0.25) is 5.91 Å². The quantitative estimate of drug-likeness (QED) is 0.705. The van der Waals surface area contributed by atoms with Crippen molar-refractivity contribution in [3.05, 3.63) is 12.2 Å². The van der Waals surface area contributed by atoms with Crippen molar-refractivity contribution in [3.63, 3.8) is 0 Å². The fourth-order valence-electron chi connectivity index (χ4n) is 2.05. The Kier molecular flexibility index (Phi) is 3.93. The van der Waals surface area contributed by atoms with Gasteiger partial charge in [-0.05, 0) is 27.2 Å². The molecular weight excluding hydrogens is 220 g/mol. The summed E-state index contributed by atoms with van der Waals surface area (Å²) in [7, 11) is 0. The van der Waals surface area contributed by atoms with Crippen molar-refractivity contribution in [3.8, 4) is 0 Å². The summed E-state index contributed by atoms with van der Waals surface area (Å²) in [6, 6.07) is -0.101. The maximum atomic E-state index is 12.2. The van der Waals surface area contributed by atoms with Crippen LogP contribution in [0.3, 0.4) is 0 Å². The molecule has 1 amide bonds. The lowest BCUT2D eigenvalue weighted by atomic mass is 9.98. The smallest absolute Gasteiger partial charge is 0.329 e. The maximum Gasteiger partial charge on any atom is 0.329 e. The molecule has 17 heavy (non-hydrogen) atoms. The van der Waals surface area contributed by atoms with Gasteiger partial charge >= 0.3 is 5.97 Å². The summed E-state index contributed by atoms with van der Waals surface area (Å²) in [6.07, 6.45) is 4.13. The molecule has 1 aliphatic rings. The Morgan fingerprint density at radius 3 is 2.41 bits per heavy atom. The monoisotopic (exact) mass is 240 g/mol. The van der Waals surface area contributed by atoms with Gasteiger partial charge < -0.3 is 15.7 Å². The molecule has 0 spiro atoms. The van der Waals surface area contributed by atoms with Crippen LogP contribution >= 0.6 is 0 Å². The molecule has 1 aliphatic carbocycles. The summed E-state index contributed by atoms with van der Waals surface area (Å²) >= 11 is 0. The molecular formula is C12H20N2O3. The van der Waals surface area contributed by atoms with Gasteiger partial charge in [-0.2, -0.15) is 0 Å². The Labute approximate surface area is 101 Å². The number of nitrogens with two attached hydrogens (primary N) is 1. The molecule has 5 nitrogen and oxygen atoms in total. The second-order valence-electron chi connectivity index (χ2n) is 4.84. The van der Waals surface area contributed by atoms with Gasteiger partial charge in [0.15, 0.2) is 0 Å². The first-order chi connectivity index (χ1) is 7.80. The molecule has 0 aromatic rings. The Balaban J connectivity index is 2.85. The van der Waals surface area contributed by atoms with Crippen molar-refractivity contribution in [2.75, 3.05) is 6.54 Å². The third-order valence-corrected chi connectivity index (χ3v) is 3.21. The van der Waals surface area contributed by atoms with E-state index in [1.807, 2.05) is 0 Å². The molecule has 2 unspecified atom stereocenters. The lowest BCUT2D eigenvalue weighted by Gasteiger charge is -2.35. The molecule has 3 N–H and O–H groups in total. The van der Waals surface area contributed by atoms with Gasteiger partial charge in [0.05, 0.1) is 5.92 Å². The first-order valence-corrected chi connectivity index (χ1v) is 5.79. The van der Waals surface area contributed by atoms with Gasteiger partial charge in [-0.3, -0.25) is 4.79 Å². The number of carbonyl (C=O) groups excluding carboxylic acids is 1. The Hall–Kier alpha value is -1.36. The van der Waals surface area contributed by atoms with Crippen LogP contribution < -0.4 is 5.73 Å². The molecule has 0 saturated carbocycles. The summed E-state index contributed by atoms with van der Waals surface area (Å²) < 4.78 is 0. The normalized spacial score (nSPS) is 23.8. The van der Waals surface area contributed by atoms with Crippen molar-refractivity contribution in [1.82, 2.24) is 4.90 Å². The highest BCUT2D eigenvalue weighted by molar-refractivity contribution is 5.88. The number of carbonyl (C=O) groups is 2. The summed E-state index contributed by atoms with van der Waals surface area (Å²) in [6.45, 7) is 5.23. The van der Waals surface area contributed by atoms with Crippen molar-refractivity contribution in [2.24, 2.45) is 11.7 Å². The number of hydrogen-bond donors (Lipinski definition) is 2. The van der Waals surface area contributed by atoms with Gasteiger partial charge in [-0.15, -0.1) is 0 Å². The van der Waals surface area contributed by atoms with Gasteiger partial charge in [0, 0.05) is 12.6 Å². The van der Waals surface area contributed by atoms with E-state index < -0.39 is 11.5 Å². The van der Waals surface area contributed by atoms with Gasteiger partial charge in [-0.25, -0.2) is 4.79 Å². The SMILES string of the molecule is CCN(C(=O)C1C=CC(N)C1)C(C)(C)C(=O)O. The van der Waals surface area contributed by atoms with Crippen molar-refractivity contribution >= 4 is 11.9 Å². The second kappa shape index (κ2) is 4.87. The van der Waals surface area contributed by atoms with Crippen molar-refractivity contribution in [2.45, 2.75) is 38.8 Å². The van der Waals surface area contributed by atoms with Crippen LogP contribution in [0.1, 0.15) is 27.2 Å². The van der Waals surface area contributed by atoms with Crippen LogP contribution in [0.5, 0.6) is 0 Å². The molecule has 0 bridgehead atoms. The van der Waals surface area contributed by atoms with E-state index in [1.165, 1.54) is 18.7 Å². The van der Waals surface area contributed by atoms with Gasteiger partial charge in [0.25, 0.3) is 0 Å². The number of aliphatic carboxylic acids is 1. The number of amides is 1. The van der Waals surface area contributed by atoms with Gasteiger partial charge in [0.1, 0.15) is 5.54 Å². The zero-order valence-corrected chi connectivity index (χ0v) is 10.5. The van der Waals surface area contributed by atoms with Crippen LogP contribution in [0.4, 0.5) is 0 Å². The average molecular weight is 240 g/mol. The zero-order chi connectivity index (χ0) is 13.2. The van der Waals surface area contributed by atoms with E-state index in [-0.39, 0.29) is 17.9 Å². The highest BCUT2D eigenvalue weighted by Crippen LogP contribution is 2.24. The summed E-state index contributed by atoms with van der Waals surface area (Å²) in [5.41, 5.74) is 4.51. The van der Waals surface area contributed by atoms with Crippen LogP contribution in [0.25, 0.3) is 0 Å². The van der Waals surface area contributed by atoms with Gasteiger partial charge in [-0.1, -0.05) is 12.2 Å². The van der Waals surface area contributed by atoms with E-state index in [0.29, 0.717) is 13.0 Å². The molecule has 0 aromatic carbocycles. The topological polar surface area (TPSA) is 83.6 Å². The Morgan fingerprint density at radius 1 is 1.47 bits per heavy atom. The van der Waals surface area contributed by atoms with E-state index in [2.05, 4.69) is 0 Å². The maximum absolute atomic E-state index is 12.2. The van der Waals surface area contributed by atoms with Crippen LogP contribution in [-0.2, 0) is 9.59 Å². The standard InChI is InChI=1S/C12H20N2O3/c1-4-14(12(2,3)11(16)17)10(15)8-5-6-9(13)7-8/h5-6,8-9H,4,7,13H2,1-3H3,(H,16,17). The highest BCUT2D eigenvalue weighted by atomic mass is 16.4. The lowest BCUT2D eigenvalue weighted by Crippen LogP contribution is -2.54.